The Bertz CT molecular complexity index is 1270. The molecule has 0 bridgehead atoms. The summed E-state index contributed by atoms with van der Waals surface area (Å²) in [5.74, 6) is -1.75. The van der Waals surface area contributed by atoms with Crippen molar-refractivity contribution >= 4 is 42.3 Å². The number of H-pyrrole nitrogens is 2. The van der Waals surface area contributed by atoms with E-state index >= 15 is 0 Å². The van der Waals surface area contributed by atoms with Crippen LogP contribution in [0.25, 0.3) is 10.9 Å². The molecule has 0 radical (unpaired) electrons. The number of halogens is 6. The Kier molecular flexibility index (Phi) is 6.53. The van der Waals surface area contributed by atoms with E-state index in [0.717, 1.165) is 36.6 Å². The van der Waals surface area contributed by atoms with Crippen molar-refractivity contribution in [3.05, 3.63) is 30.2 Å². The van der Waals surface area contributed by atoms with Crippen LogP contribution in [0.2, 0.25) is 0 Å². The fraction of sp³-hybridized carbons (Fsp3) is 0.500. The van der Waals surface area contributed by atoms with E-state index < -0.39 is 25.5 Å². The number of carbonyl (C=O) groups is 4. The zero-order valence-corrected chi connectivity index (χ0v) is 20.8. The summed E-state index contributed by atoms with van der Waals surface area (Å²) in [5.41, 5.74) is 1.50. The topological polar surface area (TPSA) is 126 Å². The number of aromatic nitrogens is 2. The summed E-state index contributed by atoms with van der Waals surface area (Å²) in [6, 6.07) is 1.73. The van der Waals surface area contributed by atoms with Crippen LogP contribution in [-0.4, -0.2) is 52.6 Å². The first-order valence-corrected chi connectivity index (χ1v) is 13.9. The summed E-state index contributed by atoms with van der Waals surface area (Å²) in [6.07, 6.45) is 9.47. The molecule has 1 spiro atoms. The van der Waals surface area contributed by atoms with E-state index in [1.807, 2.05) is 11.0 Å². The van der Waals surface area contributed by atoms with Gasteiger partial charge in [0.2, 0.25) is 17.7 Å². The Morgan fingerprint density at radius 2 is 1.71 bits per heavy atom. The Hall–Kier alpha value is -3.22. The molecule has 16 heteroatoms. The van der Waals surface area contributed by atoms with Crippen molar-refractivity contribution in [1.29, 1.82) is 0 Å². The van der Waals surface area contributed by atoms with Crippen molar-refractivity contribution < 1.29 is 49.3 Å². The second kappa shape index (κ2) is 8.92. The molecule has 4 N–H and O–H groups in total. The maximum Gasteiger partial charge on any atom is 0.258 e. The molecule has 1 aliphatic carbocycles. The van der Waals surface area contributed by atoms with Gasteiger partial charge in [0, 0.05) is 43.6 Å². The average Bonchev–Trinajstić information content (AvgIpc) is 3.39. The molecule has 1 saturated carbocycles. The first-order valence-electron chi connectivity index (χ1n) is 11.8. The number of rotatable bonds is 4. The third kappa shape index (κ3) is 7.21. The van der Waals surface area contributed by atoms with Crippen LogP contribution in [0.1, 0.15) is 48.9 Å². The summed E-state index contributed by atoms with van der Waals surface area (Å²) in [7, 11) is -10.7. The number of amides is 4. The number of carbonyl (C=O) groups excluding carboxylic acids is 4. The number of imide groups is 1. The molecule has 1 atom stereocenters. The first kappa shape index (κ1) is 27.8. The summed E-state index contributed by atoms with van der Waals surface area (Å²) >= 11 is 0. The minimum Gasteiger partial charge on any atom is -0.356 e. The van der Waals surface area contributed by atoms with Crippen LogP contribution in [0, 0.1) is 11.3 Å². The van der Waals surface area contributed by atoms with Gasteiger partial charge < -0.3 is 15.2 Å². The van der Waals surface area contributed by atoms with Crippen molar-refractivity contribution in [2.45, 2.75) is 44.6 Å². The van der Waals surface area contributed by atoms with E-state index in [2.05, 4.69) is 20.6 Å². The van der Waals surface area contributed by atoms with Gasteiger partial charge in [0.15, 0.2) is 12.4 Å². The Balaban J connectivity index is 0.000000426. The van der Waals surface area contributed by atoms with Crippen LogP contribution < -0.4 is 15.6 Å². The maximum atomic E-state index is 13.3. The summed E-state index contributed by atoms with van der Waals surface area (Å²) < 4.78 is 59.2. The number of hydrogen-bond acceptors (Lipinski definition) is 4. The Morgan fingerprint density at radius 1 is 1.08 bits per heavy atom. The number of aromatic amines is 2. The van der Waals surface area contributed by atoms with E-state index in [0.29, 0.717) is 18.7 Å². The van der Waals surface area contributed by atoms with Crippen molar-refractivity contribution in [3.8, 4) is 0 Å². The molecule has 4 heterocycles. The SMILES string of the molecule is F[P-](F)(F)(F)(F)F.O=C1CC(C(=O)N2CC3(CCC3)CC2CNC(=O)c2c[nH+]cc3[nH]ccc23)CC(=O)N1. The van der Waals surface area contributed by atoms with Gasteiger partial charge in [-0.3, -0.25) is 24.5 Å². The van der Waals surface area contributed by atoms with Gasteiger partial charge in [0.1, 0.15) is 11.1 Å². The van der Waals surface area contributed by atoms with Crippen LogP contribution in [0.3, 0.4) is 0 Å². The normalized spacial score (nSPS) is 23.1. The van der Waals surface area contributed by atoms with Crippen molar-refractivity contribution in [2.24, 2.45) is 11.3 Å². The molecule has 38 heavy (non-hydrogen) atoms. The van der Waals surface area contributed by atoms with Crippen molar-refractivity contribution in [3.63, 3.8) is 0 Å². The van der Waals surface area contributed by atoms with Crippen LogP contribution in [0.5, 0.6) is 0 Å². The van der Waals surface area contributed by atoms with E-state index in [1.54, 1.807) is 18.6 Å². The Labute approximate surface area is 211 Å². The standard InChI is InChI=1S/C22H25N5O4.F6P/c28-18-6-13(7-19(29)26-18)21(31)27-12-22(3-1-4-22)8-14(27)9-25-20(30)16-10-23-11-17-15(16)2-5-24-17;1-7(2,3,4,5)6/h2,5,10-11,13-14,24H,1,3-4,6-9,12H2,(H,25,30)(H,26,28,29);/q;-1/p+1. The number of piperidine rings is 1. The van der Waals surface area contributed by atoms with E-state index in [-0.39, 0.29) is 36.1 Å². The van der Waals surface area contributed by atoms with Gasteiger partial charge >= 0.3 is 33.0 Å². The molecule has 9 nitrogen and oxygen atoms in total. The molecule has 2 aliphatic heterocycles. The van der Waals surface area contributed by atoms with E-state index in [9.17, 15) is 44.4 Å². The fourth-order valence-electron chi connectivity index (χ4n) is 5.35. The molecule has 2 aromatic heterocycles. The van der Waals surface area contributed by atoms with Crippen LogP contribution in [-0.2, 0) is 14.4 Å². The van der Waals surface area contributed by atoms with E-state index in [4.69, 9.17) is 0 Å². The summed E-state index contributed by atoms with van der Waals surface area (Å²) in [4.78, 5) is 57.6. The minimum atomic E-state index is -10.7. The number of likely N-dealkylation sites (tertiary alicyclic amines) is 1. The van der Waals surface area contributed by atoms with Crippen molar-refractivity contribution in [2.75, 3.05) is 13.1 Å². The molecule has 2 saturated heterocycles. The van der Waals surface area contributed by atoms with Crippen LogP contribution in [0.15, 0.2) is 24.7 Å². The first-order chi connectivity index (χ1) is 17.4. The number of nitrogens with one attached hydrogen (secondary N) is 4. The number of fused-ring (bicyclic) bond motifs is 1. The second-order valence-electron chi connectivity index (χ2n) is 10.1. The molecule has 3 aliphatic rings. The molecule has 1 unspecified atom stereocenters. The molecule has 5 rings (SSSR count). The predicted molar refractivity (Wildman–Crippen MR) is 123 cm³/mol. The number of nitrogens with zero attached hydrogens (tertiary/aromatic N) is 1. The minimum absolute atomic E-state index is 0.0402. The van der Waals surface area contributed by atoms with Gasteiger partial charge in [-0.2, -0.15) is 0 Å². The molecule has 0 aromatic carbocycles. The molecular weight excluding hydrogens is 543 g/mol. The molecule has 2 aromatic rings. The van der Waals surface area contributed by atoms with E-state index in [1.165, 1.54) is 0 Å². The Morgan fingerprint density at radius 3 is 2.29 bits per heavy atom. The zero-order valence-electron chi connectivity index (χ0n) is 19.9. The van der Waals surface area contributed by atoms with Crippen LogP contribution >= 0.6 is 7.81 Å². The third-order valence-electron chi connectivity index (χ3n) is 7.07. The zero-order chi connectivity index (χ0) is 28.0. The largest absolute Gasteiger partial charge is 0.356 e. The maximum absolute atomic E-state index is 13.3. The smallest absolute Gasteiger partial charge is 0.258 e. The van der Waals surface area contributed by atoms with Gasteiger partial charge in [-0.15, -0.1) is 0 Å². The third-order valence-corrected chi connectivity index (χ3v) is 7.07. The van der Waals surface area contributed by atoms with Crippen LogP contribution in [0.4, 0.5) is 25.2 Å². The van der Waals surface area contributed by atoms with Gasteiger partial charge in [-0.05, 0) is 30.7 Å². The van der Waals surface area contributed by atoms with Gasteiger partial charge in [0.25, 0.3) is 5.91 Å². The van der Waals surface area contributed by atoms with Gasteiger partial charge in [-0.25, -0.2) is 4.98 Å². The summed E-state index contributed by atoms with van der Waals surface area (Å²) in [5, 5.41) is 6.10. The monoisotopic (exact) mass is 569 g/mol. The summed E-state index contributed by atoms with van der Waals surface area (Å²) in [6.45, 7) is 0.986. The number of pyridine rings is 1. The fourth-order valence-corrected chi connectivity index (χ4v) is 5.35. The van der Waals surface area contributed by atoms with Gasteiger partial charge in [-0.1, -0.05) is 6.42 Å². The average molecular weight is 569 g/mol. The molecule has 210 valence electrons. The van der Waals surface area contributed by atoms with Gasteiger partial charge in [0.05, 0.1) is 5.92 Å². The van der Waals surface area contributed by atoms with Crippen molar-refractivity contribution in [1.82, 2.24) is 20.5 Å². The second-order valence-corrected chi connectivity index (χ2v) is 12.0. The number of hydrogen-bond donors (Lipinski definition) is 3. The predicted octanol–water partition coefficient (Wildman–Crippen LogP) is 3.92. The molecule has 4 amide bonds. The quantitative estimate of drug-likeness (QED) is 0.293. The molecule has 3 fully saturated rings. The molecular formula is C22H26F6N5O4P.